The van der Waals surface area contributed by atoms with Crippen LogP contribution in [0.2, 0.25) is 0 Å². The molecular weight excluding hydrogens is 502 g/mol. The predicted molar refractivity (Wildman–Crippen MR) is 143 cm³/mol. The molecule has 12 heteroatoms. The van der Waals surface area contributed by atoms with Crippen LogP contribution in [0.15, 0.2) is 30.3 Å². The van der Waals surface area contributed by atoms with Crippen LogP contribution in [0.3, 0.4) is 0 Å². The van der Waals surface area contributed by atoms with Gasteiger partial charge in [-0.15, -0.1) is 0 Å². The number of nitrogens with zero attached hydrogens (tertiary/aromatic N) is 8. The zero-order valence-electron chi connectivity index (χ0n) is 22.5. The van der Waals surface area contributed by atoms with Crippen molar-refractivity contribution in [1.29, 1.82) is 0 Å². The number of hydrogen-bond acceptors (Lipinski definition) is 8. The average molecular weight is 531 g/mol. The summed E-state index contributed by atoms with van der Waals surface area (Å²) in [4.78, 5) is 18.0. The van der Waals surface area contributed by atoms with E-state index in [4.69, 9.17) is 11.5 Å². The molecule has 0 aliphatic carbocycles. The molecule has 4 heterocycles. The van der Waals surface area contributed by atoms with Gasteiger partial charge in [-0.1, -0.05) is 6.07 Å². The van der Waals surface area contributed by atoms with Gasteiger partial charge in [-0.25, -0.2) is 28.7 Å². The topological polar surface area (TPSA) is 139 Å². The highest BCUT2D eigenvalue weighted by atomic mass is 19.2. The van der Waals surface area contributed by atoms with Gasteiger partial charge in [0.15, 0.2) is 11.6 Å². The van der Waals surface area contributed by atoms with E-state index in [2.05, 4.69) is 30.1 Å². The van der Waals surface area contributed by atoms with Crippen LogP contribution >= 0.6 is 0 Å². The van der Waals surface area contributed by atoms with Crippen molar-refractivity contribution in [2.75, 3.05) is 11.5 Å². The maximum absolute atomic E-state index is 14.6. The Morgan fingerprint density at radius 2 is 1.03 bits per heavy atom. The fourth-order valence-electron chi connectivity index (χ4n) is 4.91. The quantitative estimate of drug-likeness (QED) is 0.346. The molecule has 0 bridgehead atoms. The first-order valence-electron chi connectivity index (χ1n) is 12.2. The second-order valence-electron chi connectivity index (χ2n) is 9.60. The summed E-state index contributed by atoms with van der Waals surface area (Å²) in [6.45, 7) is 11.0. The Kier molecular flexibility index (Phi) is 6.33. The SMILES string of the molecule is Cc1cc(C)nc(-n2nc(C)c(C(c3ccc(F)c(F)c3)c3c(C)nn(-c4nc(C)cc(C)n4)c3N)c2N)n1. The molecule has 5 aromatic rings. The molecule has 200 valence electrons. The van der Waals surface area contributed by atoms with Crippen LogP contribution < -0.4 is 11.5 Å². The van der Waals surface area contributed by atoms with Crippen molar-refractivity contribution in [1.82, 2.24) is 39.5 Å². The van der Waals surface area contributed by atoms with E-state index in [-0.39, 0.29) is 11.6 Å². The molecule has 0 spiro atoms. The third-order valence-electron chi connectivity index (χ3n) is 6.46. The van der Waals surface area contributed by atoms with E-state index in [9.17, 15) is 8.78 Å². The monoisotopic (exact) mass is 530 g/mol. The Morgan fingerprint density at radius 3 is 1.41 bits per heavy atom. The number of nitrogens with two attached hydrogens (primary N) is 2. The summed E-state index contributed by atoms with van der Waals surface area (Å²) < 4.78 is 31.5. The summed E-state index contributed by atoms with van der Waals surface area (Å²) in [5.41, 5.74) is 19.0. The lowest BCUT2D eigenvalue weighted by Gasteiger charge is -2.19. The van der Waals surface area contributed by atoms with E-state index in [1.165, 1.54) is 15.4 Å². The molecule has 0 aliphatic rings. The largest absolute Gasteiger partial charge is 0.383 e. The van der Waals surface area contributed by atoms with E-state index >= 15 is 0 Å². The molecule has 5 rings (SSSR count). The Balaban J connectivity index is 1.78. The smallest absolute Gasteiger partial charge is 0.252 e. The molecule has 0 aliphatic heterocycles. The summed E-state index contributed by atoms with van der Waals surface area (Å²) in [6.07, 6.45) is 0. The van der Waals surface area contributed by atoms with Crippen LogP contribution in [0.5, 0.6) is 0 Å². The molecule has 4 aromatic heterocycles. The first-order valence-corrected chi connectivity index (χ1v) is 12.2. The van der Waals surface area contributed by atoms with Crippen LogP contribution in [0.4, 0.5) is 20.4 Å². The minimum Gasteiger partial charge on any atom is -0.383 e. The molecule has 0 fully saturated rings. The third-order valence-corrected chi connectivity index (χ3v) is 6.46. The molecule has 0 saturated carbocycles. The van der Waals surface area contributed by atoms with Crippen molar-refractivity contribution in [3.63, 3.8) is 0 Å². The highest BCUT2D eigenvalue weighted by molar-refractivity contribution is 5.62. The van der Waals surface area contributed by atoms with Crippen molar-refractivity contribution in [3.8, 4) is 11.9 Å². The number of rotatable bonds is 5. The normalized spacial score (nSPS) is 11.5. The minimum absolute atomic E-state index is 0.237. The fourth-order valence-corrected chi connectivity index (χ4v) is 4.91. The van der Waals surface area contributed by atoms with Gasteiger partial charge >= 0.3 is 0 Å². The maximum atomic E-state index is 14.6. The van der Waals surface area contributed by atoms with Gasteiger partial charge in [-0.2, -0.15) is 19.6 Å². The summed E-state index contributed by atoms with van der Waals surface area (Å²) in [5, 5.41) is 9.26. The standard InChI is InChI=1S/C27H28F2N10/c1-12-9-13(2)33-26(32-12)38-24(30)21(16(5)36-38)23(18-7-8-19(28)20(29)11-18)22-17(6)37-39(25(22)31)27-34-14(3)10-15(4)35-27/h7-11,23H,30-31H2,1-6H3. The van der Waals surface area contributed by atoms with Crippen molar-refractivity contribution in [3.05, 3.63) is 92.8 Å². The number of aryl methyl sites for hydroxylation is 6. The van der Waals surface area contributed by atoms with Gasteiger partial charge in [-0.3, -0.25) is 0 Å². The van der Waals surface area contributed by atoms with E-state index in [0.29, 0.717) is 40.0 Å². The van der Waals surface area contributed by atoms with Crippen LogP contribution in [0, 0.1) is 53.2 Å². The first-order chi connectivity index (χ1) is 18.4. The minimum atomic E-state index is -1.000. The molecule has 10 nitrogen and oxygen atoms in total. The van der Waals surface area contributed by atoms with Gasteiger partial charge in [0.1, 0.15) is 11.6 Å². The highest BCUT2D eigenvalue weighted by Gasteiger charge is 2.32. The molecule has 0 saturated heterocycles. The summed E-state index contributed by atoms with van der Waals surface area (Å²) >= 11 is 0. The maximum Gasteiger partial charge on any atom is 0.252 e. The fraction of sp³-hybridized carbons (Fsp3) is 0.259. The molecule has 0 atom stereocenters. The average Bonchev–Trinajstić information content (AvgIpc) is 3.31. The number of halogens is 2. The van der Waals surface area contributed by atoms with Gasteiger partial charge in [0, 0.05) is 39.8 Å². The summed E-state index contributed by atoms with van der Waals surface area (Å²) in [5.74, 6) is -1.65. The highest BCUT2D eigenvalue weighted by Crippen LogP contribution is 2.42. The van der Waals surface area contributed by atoms with E-state index in [1.807, 2.05) is 39.8 Å². The number of nitrogen functional groups attached to an aromatic ring is 2. The Labute approximate surface area is 223 Å². The lowest BCUT2D eigenvalue weighted by Crippen LogP contribution is -2.13. The van der Waals surface area contributed by atoms with Gasteiger partial charge in [0.05, 0.1) is 11.4 Å². The first kappa shape index (κ1) is 25.9. The van der Waals surface area contributed by atoms with Gasteiger partial charge in [0.25, 0.3) is 11.9 Å². The number of hydrogen-bond donors (Lipinski definition) is 2. The van der Waals surface area contributed by atoms with Crippen LogP contribution in [-0.2, 0) is 0 Å². The Hall–Kier alpha value is -4.74. The summed E-state index contributed by atoms with van der Waals surface area (Å²) in [7, 11) is 0. The van der Waals surface area contributed by atoms with Gasteiger partial charge < -0.3 is 11.5 Å². The lowest BCUT2D eigenvalue weighted by molar-refractivity contribution is 0.507. The molecule has 0 radical (unpaired) electrons. The van der Waals surface area contributed by atoms with Crippen LogP contribution in [0.25, 0.3) is 11.9 Å². The zero-order valence-corrected chi connectivity index (χ0v) is 22.5. The number of aromatic nitrogens is 8. The molecule has 0 amide bonds. The second-order valence-corrected chi connectivity index (χ2v) is 9.60. The van der Waals surface area contributed by atoms with Crippen molar-refractivity contribution in [2.24, 2.45) is 0 Å². The number of anilines is 2. The molecule has 0 unspecified atom stereocenters. The van der Waals surface area contributed by atoms with Crippen molar-refractivity contribution >= 4 is 11.6 Å². The zero-order chi connectivity index (χ0) is 28.2. The van der Waals surface area contributed by atoms with E-state index in [1.54, 1.807) is 13.8 Å². The Bertz CT molecular complexity index is 1600. The lowest BCUT2D eigenvalue weighted by atomic mass is 9.84. The van der Waals surface area contributed by atoms with Crippen LogP contribution in [-0.4, -0.2) is 39.5 Å². The second kappa shape index (κ2) is 9.53. The molecule has 1 aromatic carbocycles. The van der Waals surface area contributed by atoms with Crippen molar-refractivity contribution < 1.29 is 8.78 Å². The van der Waals surface area contributed by atoms with E-state index in [0.717, 1.165) is 34.9 Å². The van der Waals surface area contributed by atoms with Crippen molar-refractivity contribution in [2.45, 2.75) is 47.5 Å². The van der Waals surface area contributed by atoms with Gasteiger partial charge in [-0.05, 0) is 71.4 Å². The molecular formula is C27H28F2N10. The third kappa shape index (κ3) is 4.58. The summed E-state index contributed by atoms with van der Waals surface area (Å²) in [6, 6.07) is 7.38. The van der Waals surface area contributed by atoms with Crippen LogP contribution in [0.1, 0.15) is 56.8 Å². The van der Waals surface area contributed by atoms with Gasteiger partial charge in [0.2, 0.25) is 0 Å². The Morgan fingerprint density at radius 1 is 0.615 bits per heavy atom. The molecule has 39 heavy (non-hydrogen) atoms. The molecule has 4 N–H and O–H groups in total. The predicted octanol–water partition coefficient (Wildman–Crippen LogP) is 4.11. The van der Waals surface area contributed by atoms with E-state index < -0.39 is 17.6 Å². The number of benzene rings is 1.